The van der Waals surface area contributed by atoms with Crippen molar-refractivity contribution in [2.75, 3.05) is 13.1 Å². The van der Waals surface area contributed by atoms with Gasteiger partial charge in [-0.1, -0.05) is 0 Å². The lowest BCUT2D eigenvalue weighted by atomic mass is 9.84. The number of carbonyl (C=O) groups is 1. The molecule has 7 nitrogen and oxygen atoms in total. The number of aryl methyl sites for hydroxylation is 2. The maximum atomic E-state index is 12.4. The fourth-order valence-electron chi connectivity index (χ4n) is 3.83. The van der Waals surface area contributed by atoms with E-state index in [9.17, 15) is 10.1 Å². The number of pyridine rings is 1. The lowest BCUT2D eigenvalue weighted by Crippen LogP contribution is -2.49. The lowest BCUT2D eigenvalue weighted by molar-refractivity contribution is 0.0110. The van der Waals surface area contributed by atoms with Gasteiger partial charge in [0, 0.05) is 30.4 Å². The molecule has 0 atom stereocenters. The summed E-state index contributed by atoms with van der Waals surface area (Å²) >= 11 is 0. The van der Waals surface area contributed by atoms with E-state index >= 15 is 0 Å². The van der Waals surface area contributed by atoms with Crippen molar-refractivity contribution in [1.29, 1.82) is 5.26 Å². The molecule has 0 N–H and O–H groups in total. The van der Waals surface area contributed by atoms with E-state index in [4.69, 9.17) is 9.84 Å². The highest BCUT2D eigenvalue weighted by atomic mass is 16.6. The summed E-state index contributed by atoms with van der Waals surface area (Å²) in [5.41, 5.74) is 1.92. The molecule has 1 amide bonds. The average molecular weight is 369 g/mol. The molecular weight excluding hydrogens is 342 g/mol. The summed E-state index contributed by atoms with van der Waals surface area (Å²) in [4.78, 5) is 18.5. The number of ether oxygens (including phenoxy) is 1. The minimum Gasteiger partial charge on any atom is -0.444 e. The second-order valence-corrected chi connectivity index (χ2v) is 8.31. The molecule has 7 heteroatoms. The van der Waals surface area contributed by atoms with Crippen molar-refractivity contribution in [3.05, 3.63) is 23.7 Å². The predicted molar refractivity (Wildman–Crippen MR) is 102 cm³/mol. The number of hydrogen-bond donors (Lipinski definition) is 0. The van der Waals surface area contributed by atoms with Crippen molar-refractivity contribution in [3.8, 4) is 6.07 Å². The number of rotatable bonds is 2. The predicted octanol–water partition coefficient (Wildman–Crippen LogP) is 3.69. The zero-order valence-corrected chi connectivity index (χ0v) is 16.7. The maximum absolute atomic E-state index is 12.4. The van der Waals surface area contributed by atoms with Crippen LogP contribution in [-0.4, -0.2) is 44.4 Å². The molecule has 144 valence electrons. The van der Waals surface area contributed by atoms with Crippen LogP contribution in [0.5, 0.6) is 0 Å². The van der Waals surface area contributed by atoms with Gasteiger partial charge in [-0.15, -0.1) is 0 Å². The Labute approximate surface area is 159 Å². The molecule has 0 saturated carbocycles. The fraction of sp³-hybridized carbons (Fsp3) is 0.600. The first-order valence-corrected chi connectivity index (χ1v) is 9.33. The van der Waals surface area contributed by atoms with Crippen molar-refractivity contribution in [2.45, 2.75) is 65.0 Å². The Morgan fingerprint density at radius 1 is 1.30 bits per heavy atom. The number of nitrogens with zero attached hydrogens (tertiary/aromatic N) is 5. The van der Waals surface area contributed by atoms with E-state index in [1.54, 1.807) is 11.1 Å². The van der Waals surface area contributed by atoms with E-state index in [0.717, 1.165) is 22.3 Å². The van der Waals surface area contributed by atoms with Crippen LogP contribution in [0.3, 0.4) is 0 Å². The summed E-state index contributed by atoms with van der Waals surface area (Å²) in [5, 5.41) is 15.3. The van der Waals surface area contributed by atoms with Crippen LogP contribution in [0.4, 0.5) is 4.79 Å². The smallest absolute Gasteiger partial charge is 0.410 e. The molecule has 0 unspecified atom stereocenters. The highest BCUT2D eigenvalue weighted by Crippen LogP contribution is 2.37. The SMILES string of the molecule is Cc1nccc2c1c(C)nn2C1(CC#N)CCN(C(=O)OC(C)(C)C)CC1. The van der Waals surface area contributed by atoms with Crippen LogP contribution in [0.15, 0.2) is 12.3 Å². The Balaban J connectivity index is 1.91. The number of aromatic nitrogens is 3. The van der Waals surface area contributed by atoms with Gasteiger partial charge in [0.25, 0.3) is 0 Å². The van der Waals surface area contributed by atoms with Crippen molar-refractivity contribution in [2.24, 2.45) is 0 Å². The minimum absolute atomic E-state index is 0.297. The summed E-state index contributed by atoms with van der Waals surface area (Å²) < 4.78 is 7.49. The molecule has 1 aliphatic heterocycles. The highest BCUT2D eigenvalue weighted by Gasteiger charge is 2.40. The number of piperidine rings is 1. The number of amides is 1. The van der Waals surface area contributed by atoms with E-state index in [1.165, 1.54) is 0 Å². The number of likely N-dealkylation sites (tertiary alicyclic amines) is 1. The standard InChI is InChI=1S/C20H27N5O2/c1-14-17-15(2)23-25(16(17)6-11-22-14)20(7-10-21)8-12-24(13-9-20)18(26)27-19(3,4)5/h6,11H,7-9,12-13H2,1-5H3. The van der Waals surface area contributed by atoms with Gasteiger partial charge in [0.05, 0.1) is 29.2 Å². The summed E-state index contributed by atoms with van der Waals surface area (Å²) in [7, 11) is 0. The first kappa shape index (κ1) is 19.2. The summed E-state index contributed by atoms with van der Waals surface area (Å²) in [6, 6.07) is 4.30. The van der Waals surface area contributed by atoms with Crippen LogP contribution in [0.2, 0.25) is 0 Å². The molecular formula is C20H27N5O2. The molecule has 0 bridgehead atoms. The van der Waals surface area contributed by atoms with E-state index in [-0.39, 0.29) is 6.09 Å². The monoisotopic (exact) mass is 369 g/mol. The van der Waals surface area contributed by atoms with E-state index in [1.807, 2.05) is 45.4 Å². The Hall–Kier alpha value is -2.62. The van der Waals surface area contributed by atoms with Gasteiger partial charge in [0.2, 0.25) is 0 Å². The second-order valence-electron chi connectivity index (χ2n) is 8.31. The van der Waals surface area contributed by atoms with Crippen molar-refractivity contribution >= 4 is 17.0 Å². The maximum Gasteiger partial charge on any atom is 0.410 e. The molecule has 0 radical (unpaired) electrons. The summed E-state index contributed by atoms with van der Waals surface area (Å²) in [5.74, 6) is 0. The lowest BCUT2D eigenvalue weighted by Gasteiger charge is -2.41. The molecule has 3 heterocycles. The zero-order chi connectivity index (χ0) is 19.8. The van der Waals surface area contributed by atoms with Gasteiger partial charge in [0.15, 0.2) is 0 Å². The quantitative estimate of drug-likeness (QED) is 0.806. The molecule has 3 rings (SSSR count). The first-order chi connectivity index (χ1) is 12.7. The van der Waals surface area contributed by atoms with Crippen LogP contribution < -0.4 is 0 Å². The van der Waals surface area contributed by atoms with Crippen LogP contribution in [0.1, 0.15) is 51.4 Å². The summed E-state index contributed by atoms with van der Waals surface area (Å²) in [6.45, 7) is 10.6. The molecule has 0 spiro atoms. The largest absolute Gasteiger partial charge is 0.444 e. The molecule has 0 aromatic carbocycles. The molecule has 1 saturated heterocycles. The van der Waals surface area contributed by atoms with Gasteiger partial charge in [-0.25, -0.2) is 4.79 Å². The Morgan fingerprint density at radius 3 is 2.56 bits per heavy atom. The minimum atomic E-state index is -0.516. The number of carbonyl (C=O) groups excluding carboxylic acids is 1. The fourth-order valence-corrected chi connectivity index (χ4v) is 3.83. The molecule has 2 aromatic rings. The molecule has 2 aromatic heterocycles. The third kappa shape index (κ3) is 3.61. The van der Waals surface area contributed by atoms with Crippen LogP contribution >= 0.6 is 0 Å². The van der Waals surface area contributed by atoms with Crippen LogP contribution in [-0.2, 0) is 10.3 Å². The molecule has 1 aliphatic rings. The normalized spacial score (nSPS) is 17.0. The molecule has 1 fully saturated rings. The van der Waals surface area contributed by atoms with Gasteiger partial charge in [-0.05, 0) is 53.5 Å². The topological polar surface area (TPSA) is 84.0 Å². The van der Waals surface area contributed by atoms with Gasteiger partial charge in [-0.3, -0.25) is 9.67 Å². The van der Waals surface area contributed by atoms with Gasteiger partial charge < -0.3 is 9.64 Å². The van der Waals surface area contributed by atoms with E-state index in [2.05, 4.69) is 11.1 Å². The van der Waals surface area contributed by atoms with E-state index < -0.39 is 11.1 Å². The van der Waals surface area contributed by atoms with Crippen LogP contribution in [0, 0.1) is 25.2 Å². The Bertz CT molecular complexity index is 895. The van der Waals surface area contributed by atoms with Gasteiger partial charge >= 0.3 is 6.09 Å². The van der Waals surface area contributed by atoms with Gasteiger partial charge in [0.1, 0.15) is 5.60 Å². The van der Waals surface area contributed by atoms with Crippen molar-refractivity contribution < 1.29 is 9.53 Å². The highest BCUT2D eigenvalue weighted by molar-refractivity contribution is 5.84. The number of fused-ring (bicyclic) bond motifs is 1. The second kappa shape index (κ2) is 6.84. The molecule has 27 heavy (non-hydrogen) atoms. The van der Waals surface area contributed by atoms with Crippen molar-refractivity contribution in [1.82, 2.24) is 19.7 Å². The Kier molecular flexibility index (Phi) is 4.85. The third-order valence-corrected chi connectivity index (χ3v) is 5.16. The third-order valence-electron chi connectivity index (χ3n) is 5.16. The number of nitriles is 1. The summed E-state index contributed by atoms with van der Waals surface area (Å²) in [6.07, 6.45) is 3.17. The van der Waals surface area contributed by atoms with Crippen molar-refractivity contribution in [3.63, 3.8) is 0 Å². The first-order valence-electron chi connectivity index (χ1n) is 9.33. The number of hydrogen-bond acceptors (Lipinski definition) is 5. The Morgan fingerprint density at radius 2 is 1.96 bits per heavy atom. The average Bonchev–Trinajstić information content (AvgIpc) is 2.93. The zero-order valence-electron chi connectivity index (χ0n) is 16.7. The van der Waals surface area contributed by atoms with E-state index in [0.29, 0.717) is 32.4 Å². The van der Waals surface area contributed by atoms with Crippen LogP contribution in [0.25, 0.3) is 10.9 Å². The molecule has 0 aliphatic carbocycles. The van der Waals surface area contributed by atoms with Gasteiger partial charge in [-0.2, -0.15) is 10.4 Å².